The Morgan fingerprint density at radius 2 is 2.10 bits per heavy atom. The molecule has 20 heavy (non-hydrogen) atoms. The summed E-state index contributed by atoms with van der Waals surface area (Å²) in [5.41, 5.74) is 7.12. The summed E-state index contributed by atoms with van der Waals surface area (Å²) in [4.78, 5) is 4.24. The molecule has 1 aromatic carbocycles. The highest BCUT2D eigenvalue weighted by Crippen LogP contribution is 2.14. The molecule has 0 atom stereocenters. The molecule has 0 aliphatic heterocycles. The second-order valence-electron chi connectivity index (χ2n) is 4.27. The monoisotopic (exact) mass is 290 g/mol. The van der Waals surface area contributed by atoms with Crippen molar-refractivity contribution in [1.29, 1.82) is 0 Å². The first-order valence-corrected chi connectivity index (χ1v) is 6.64. The molecule has 0 aliphatic rings. The smallest absolute Gasteiger partial charge is 0.138 e. The third-order valence-electron chi connectivity index (χ3n) is 2.83. The molecule has 2 N–H and O–H groups in total. The number of ether oxygens (including phenoxy) is 1. The van der Waals surface area contributed by atoms with Crippen molar-refractivity contribution in [3.63, 3.8) is 0 Å². The van der Waals surface area contributed by atoms with E-state index in [9.17, 15) is 4.39 Å². The van der Waals surface area contributed by atoms with Crippen LogP contribution in [0, 0.1) is 5.82 Å². The number of pyridine rings is 1. The summed E-state index contributed by atoms with van der Waals surface area (Å²) < 4.78 is 19.5. The van der Waals surface area contributed by atoms with Crippen molar-refractivity contribution in [3.05, 3.63) is 65.2 Å². The number of halogens is 1. The van der Waals surface area contributed by atoms with Crippen LogP contribution in [0.5, 0.6) is 0 Å². The number of thiocarbonyl (C=S) groups is 1. The Morgan fingerprint density at radius 3 is 2.80 bits per heavy atom. The number of hydrogen-bond acceptors (Lipinski definition) is 3. The van der Waals surface area contributed by atoms with Crippen molar-refractivity contribution >= 4 is 17.2 Å². The summed E-state index contributed by atoms with van der Waals surface area (Å²) in [6.07, 6.45) is 2.43. The van der Waals surface area contributed by atoms with Gasteiger partial charge in [-0.05, 0) is 18.2 Å². The molecular formula is C15H15FN2OS. The summed E-state index contributed by atoms with van der Waals surface area (Å²) in [7, 11) is 0. The first kappa shape index (κ1) is 14.6. The molecule has 3 nitrogen and oxygen atoms in total. The fraction of sp³-hybridized carbons (Fsp3) is 0.200. The molecule has 0 radical (unpaired) electrons. The lowest BCUT2D eigenvalue weighted by molar-refractivity contribution is 0.121. The molecule has 0 spiro atoms. The van der Waals surface area contributed by atoms with Crippen LogP contribution in [0.3, 0.4) is 0 Å². The van der Waals surface area contributed by atoms with Crippen molar-refractivity contribution in [3.8, 4) is 0 Å². The maximum atomic E-state index is 14.0. The molecule has 0 saturated heterocycles. The standard InChI is InChI=1S/C15H15FN2OS/c16-14-11(4-3-6-13(14)15(17)20)10-19-9-7-12-5-1-2-8-18-12/h1-6,8H,7,9-10H2,(H2,17,20). The molecule has 1 heterocycles. The maximum absolute atomic E-state index is 14.0. The van der Waals surface area contributed by atoms with E-state index >= 15 is 0 Å². The van der Waals surface area contributed by atoms with Gasteiger partial charge in [-0.3, -0.25) is 4.98 Å². The van der Waals surface area contributed by atoms with Gasteiger partial charge in [0.15, 0.2) is 0 Å². The van der Waals surface area contributed by atoms with E-state index in [1.807, 2.05) is 18.2 Å². The number of rotatable bonds is 6. The maximum Gasteiger partial charge on any atom is 0.138 e. The molecule has 1 aromatic heterocycles. The Kier molecular flexibility index (Phi) is 5.15. The normalized spacial score (nSPS) is 10.4. The SMILES string of the molecule is NC(=S)c1cccc(COCCc2ccccn2)c1F. The average Bonchev–Trinajstić information content (AvgIpc) is 2.46. The zero-order valence-electron chi connectivity index (χ0n) is 10.9. The van der Waals surface area contributed by atoms with Gasteiger partial charge in [0.1, 0.15) is 10.8 Å². The van der Waals surface area contributed by atoms with Crippen LogP contribution in [0.25, 0.3) is 0 Å². The summed E-state index contributed by atoms with van der Waals surface area (Å²) in [6.45, 7) is 0.670. The lowest BCUT2D eigenvalue weighted by atomic mass is 10.1. The number of hydrogen-bond donors (Lipinski definition) is 1. The van der Waals surface area contributed by atoms with Gasteiger partial charge in [0, 0.05) is 29.4 Å². The third-order valence-corrected chi connectivity index (χ3v) is 3.05. The second kappa shape index (κ2) is 7.07. The first-order chi connectivity index (χ1) is 9.68. The van der Waals surface area contributed by atoms with Crippen LogP contribution in [0.15, 0.2) is 42.6 Å². The van der Waals surface area contributed by atoms with E-state index in [2.05, 4.69) is 4.98 Å². The Hall–Kier alpha value is -1.85. The van der Waals surface area contributed by atoms with Crippen molar-refractivity contribution in [2.45, 2.75) is 13.0 Å². The zero-order valence-corrected chi connectivity index (χ0v) is 11.7. The molecule has 2 rings (SSSR count). The summed E-state index contributed by atoms with van der Waals surface area (Å²) >= 11 is 4.80. The van der Waals surface area contributed by atoms with Crippen LogP contribution < -0.4 is 5.73 Å². The lowest BCUT2D eigenvalue weighted by Crippen LogP contribution is -2.13. The van der Waals surface area contributed by atoms with Gasteiger partial charge in [-0.1, -0.05) is 30.4 Å². The summed E-state index contributed by atoms with van der Waals surface area (Å²) in [6, 6.07) is 10.7. The summed E-state index contributed by atoms with van der Waals surface area (Å²) in [5.74, 6) is -0.405. The second-order valence-corrected chi connectivity index (χ2v) is 4.71. The quantitative estimate of drug-likeness (QED) is 0.656. The van der Waals surface area contributed by atoms with Crippen LogP contribution in [0.4, 0.5) is 4.39 Å². The number of nitrogens with two attached hydrogens (primary N) is 1. The molecule has 0 unspecified atom stereocenters. The van der Waals surface area contributed by atoms with Crippen LogP contribution in [-0.4, -0.2) is 16.6 Å². The van der Waals surface area contributed by atoms with Gasteiger partial charge in [-0.15, -0.1) is 0 Å². The Morgan fingerprint density at radius 1 is 1.25 bits per heavy atom. The minimum absolute atomic E-state index is 0.0536. The van der Waals surface area contributed by atoms with E-state index in [0.717, 1.165) is 5.69 Å². The third kappa shape index (κ3) is 3.82. The van der Waals surface area contributed by atoms with Crippen LogP contribution in [0.1, 0.15) is 16.8 Å². The molecule has 0 bridgehead atoms. The Labute approximate surface area is 122 Å². The van der Waals surface area contributed by atoms with E-state index < -0.39 is 5.82 Å². The van der Waals surface area contributed by atoms with Gasteiger partial charge in [0.2, 0.25) is 0 Å². The van der Waals surface area contributed by atoms with E-state index in [-0.39, 0.29) is 17.2 Å². The highest BCUT2D eigenvalue weighted by atomic mass is 32.1. The highest BCUT2D eigenvalue weighted by molar-refractivity contribution is 7.80. The van der Waals surface area contributed by atoms with E-state index in [1.165, 1.54) is 0 Å². The molecule has 0 amide bonds. The van der Waals surface area contributed by atoms with Gasteiger partial charge >= 0.3 is 0 Å². The first-order valence-electron chi connectivity index (χ1n) is 6.23. The van der Waals surface area contributed by atoms with E-state index in [1.54, 1.807) is 24.4 Å². The fourth-order valence-electron chi connectivity index (χ4n) is 1.79. The molecule has 0 saturated carbocycles. The van der Waals surface area contributed by atoms with Gasteiger partial charge in [-0.25, -0.2) is 4.39 Å². The van der Waals surface area contributed by atoms with Gasteiger partial charge in [0.05, 0.1) is 13.2 Å². The van der Waals surface area contributed by atoms with Crippen molar-refractivity contribution in [1.82, 2.24) is 4.98 Å². The minimum atomic E-state index is -0.405. The highest BCUT2D eigenvalue weighted by Gasteiger charge is 2.09. The van der Waals surface area contributed by atoms with Crippen molar-refractivity contribution in [2.24, 2.45) is 5.73 Å². The topological polar surface area (TPSA) is 48.1 Å². The number of aromatic nitrogens is 1. The Balaban J connectivity index is 1.88. The van der Waals surface area contributed by atoms with Crippen LogP contribution >= 0.6 is 12.2 Å². The molecule has 2 aromatic rings. The Bertz CT molecular complexity index is 590. The minimum Gasteiger partial charge on any atom is -0.389 e. The predicted octanol–water partition coefficient (Wildman–Crippen LogP) is 2.61. The largest absolute Gasteiger partial charge is 0.389 e. The number of benzene rings is 1. The van der Waals surface area contributed by atoms with Crippen LogP contribution in [0.2, 0.25) is 0 Å². The molecule has 104 valence electrons. The molecular weight excluding hydrogens is 275 g/mol. The van der Waals surface area contributed by atoms with Crippen LogP contribution in [-0.2, 0) is 17.8 Å². The average molecular weight is 290 g/mol. The van der Waals surface area contributed by atoms with Crippen molar-refractivity contribution < 1.29 is 9.13 Å². The lowest BCUT2D eigenvalue weighted by Gasteiger charge is -2.08. The zero-order chi connectivity index (χ0) is 14.4. The number of nitrogens with zero attached hydrogens (tertiary/aromatic N) is 1. The van der Waals surface area contributed by atoms with Gasteiger partial charge in [0.25, 0.3) is 0 Å². The predicted molar refractivity (Wildman–Crippen MR) is 79.9 cm³/mol. The van der Waals surface area contributed by atoms with E-state index in [0.29, 0.717) is 18.6 Å². The fourth-order valence-corrected chi connectivity index (χ4v) is 1.94. The molecule has 5 heteroatoms. The molecule has 0 fully saturated rings. The summed E-state index contributed by atoms with van der Waals surface area (Å²) in [5, 5.41) is 0. The van der Waals surface area contributed by atoms with Crippen molar-refractivity contribution in [2.75, 3.05) is 6.61 Å². The molecule has 0 aliphatic carbocycles. The van der Waals surface area contributed by atoms with Gasteiger partial charge in [-0.2, -0.15) is 0 Å². The van der Waals surface area contributed by atoms with E-state index in [4.69, 9.17) is 22.7 Å². The van der Waals surface area contributed by atoms with Gasteiger partial charge < -0.3 is 10.5 Å².